The molecule has 2 bridgehead atoms. The van der Waals surface area contributed by atoms with Crippen LogP contribution >= 0.6 is 0 Å². The summed E-state index contributed by atoms with van der Waals surface area (Å²) in [5.74, 6) is 0. The van der Waals surface area contributed by atoms with Gasteiger partial charge in [0.15, 0.2) is 0 Å². The first-order chi connectivity index (χ1) is 8.29. The second-order valence-corrected chi connectivity index (χ2v) is 5.15. The maximum atomic E-state index is 4.29. The lowest BCUT2D eigenvalue weighted by Crippen LogP contribution is -2.41. The maximum Gasteiger partial charge on any atom is 0.0687 e. The smallest absolute Gasteiger partial charge is 0.0687 e. The summed E-state index contributed by atoms with van der Waals surface area (Å²) in [6.07, 6.45) is 4.99. The molecule has 1 aromatic heterocycles. The average Bonchev–Trinajstić information content (AvgIpc) is 2.61. The second kappa shape index (κ2) is 2.96. The van der Waals surface area contributed by atoms with Crippen molar-refractivity contribution in [1.82, 2.24) is 10.3 Å². The topological polar surface area (TPSA) is 24.9 Å². The van der Waals surface area contributed by atoms with Gasteiger partial charge in [-0.05, 0) is 41.7 Å². The Morgan fingerprint density at radius 2 is 2.12 bits per heavy atom. The van der Waals surface area contributed by atoms with E-state index in [-0.39, 0.29) is 5.54 Å². The maximum absolute atomic E-state index is 4.29. The number of hydrogen-bond donors (Lipinski definition) is 1. The third kappa shape index (κ3) is 1.06. The van der Waals surface area contributed by atoms with Crippen LogP contribution in [0.3, 0.4) is 0 Å². The van der Waals surface area contributed by atoms with E-state index >= 15 is 0 Å². The van der Waals surface area contributed by atoms with Crippen LogP contribution in [0.1, 0.15) is 35.2 Å². The van der Waals surface area contributed by atoms with Crippen molar-refractivity contribution >= 4 is 0 Å². The van der Waals surface area contributed by atoms with Crippen LogP contribution in [0.2, 0.25) is 0 Å². The molecule has 0 radical (unpaired) electrons. The highest BCUT2D eigenvalue weighted by molar-refractivity contribution is 5.53. The molecule has 1 aromatic carbocycles. The molecule has 0 aliphatic carbocycles. The summed E-state index contributed by atoms with van der Waals surface area (Å²) in [4.78, 5) is 4.29. The van der Waals surface area contributed by atoms with Crippen LogP contribution in [0.5, 0.6) is 0 Å². The fourth-order valence-electron chi connectivity index (χ4n) is 3.42. The molecule has 2 unspecified atom stereocenters. The SMILES string of the molecule is CC12NC(Cc3ccncc31)c1ccccc12. The lowest BCUT2D eigenvalue weighted by Gasteiger charge is -2.34. The Hall–Kier alpha value is -1.67. The van der Waals surface area contributed by atoms with Crippen molar-refractivity contribution < 1.29 is 0 Å². The summed E-state index contributed by atoms with van der Waals surface area (Å²) in [6.45, 7) is 2.27. The van der Waals surface area contributed by atoms with Gasteiger partial charge in [0.1, 0.15) is 0 Å². The van der Waals surface area contributed by atoms with Crippen LogP contribution < -0.4 is 5.32 Å². The van der Waals surface area contributed by atoms with Gasteiger partial charge < -0.3 is 0 Å². The predicted molar refractivity (Wildman–Crippen MR) is 66.7 cm³/mol. The van der Waals surface area contributed by atoms with Crippen molar-refractivity contribution in [2.24, 2.45) is 0 Å². The molecular weight excluding hydrogens is 208 g/mol. The van der Waals surface area contributed by atoms with Gasteiger partial charge in [-0.3, -0.25) is 10.3 Å². The lowest BCUT2D eigenvalue weighted by atomic mass is 9.83. The molecule has 2 heteroatoms. The first kappa shape index (κ1) is 9.37. The Kier molecular flexibility index (Phi) is 1.63. The van der Waals surface area contributed by atoms with Gasteiger partial charge in [-0.15, -0.1) is 0 Å². The molecule has 2 aliphatic heterocycles. The van der Waals surface area contributed by atoms with Crippen LogP contribution in [0.15, 0.2) is 42.7 Å². The fraction of sp³-hybridized carbons (Fsp3) is 0.267. The van der Waals surface area contributed by atoms with E-state index in [0.29, 0.717) is 6.04 Å². The van der Waals surface area contributed by atoms with E-state index in [4.69, 9.17) is 0 Å². The number of nitrogens with one attached hydrogen (secondary N) is 1. The van der Waals surface area contributed by atoms with Crippen molar-refractivity contribution in [3.05, 3.63) is 65.0 Å². The Bertz CT molecular complexity index is 592. The number of rotatable bonds is 0. The summed E-state index contributed by atoms with van der Waals surface area (Å²) in [5.41, 5.74) is 5.58. The van der Waals surface area contributed by atoms with E-state index in [2.05, 4.69) is 47.6 Å². The Morgan fingerprint density at radius 3 is 3.06 bits per heavy atom. The highest BCUT2D eigenvalue weighted by Gasteiger charge is 2.45. The number of fused-ring (bicyclic) bond motifs is 7. The molecule has 3 heterocycles. The van der Waals surface area contributed by atoms with Gasteiger partial charge in [-0.1, -0.05) is 24.3 Å². The zero-order valence-corrected chi connectivity index (χ0v) is 9.77. The van der Waals surface area contributed by atoms with Gasteiger partial charge in [-0.25, -0.2) is 0 Å². The van der Waals surface area contributed by atoms with Crippen molar-refractivity contribution in [2.75, 3.05) is 0 Å². The Morgan fingerprint density at radius 1 is 1.24 bits per heavy atom. The average molecular weight is 222 g/mol. The van der Waals surface area contributed by atoms with Crippen molar-refractivity contribution in [2.45, 2.75) is 24.9 Å². The fourth-order valence-corrected chi connectivity index (χ4v) is 3.42. The second-order valence-electron chi connectivity index (χ2n) is 5.15. The molecule has 2 atom stereocenters. The lowest BCUT2D eigenvalue weighted by molar-refractivity contribution is 0.387. The first-order valence-electron chi connectivity index (χ1n) is 6.09. The highest BCUT2D eigenvalue weighted by Crippen LogP contribution is 2.47. The minimum Gasteiger partial charge on any atom is -0.297 e. The molecule has 84 valence electrons. The predicted octanol–water partition coefficient (Wildman–Crippen LogP) is 2.55. The molecule has 0 amide bonds. The Balaban J connectivity index is 2.05. The standard InChI is InChI=1S/C15H14N2/c1-15-12-5-3-2-4-11(12)14(17-15)8-10-6-7-16-9-13(10)15/h2-7,9,14,17H,8H2,1H3. The van der Waals surface area contributed by atoms with Gasteiger partial charge >= 0.3 is 0 Å². The van der Waals surface area contributed by atoms with Gasteiger partial charge in [0, 0.05) is 18.4 Å². The van der Waals surface area contributed by atoms with Crippen LogP contribution in [0.25, 0.3) is 0 Å². The third-order valence-corrected chi connectivity index (χ3v) is 4.21. The molecule has 1 N–H and O–H groups in total. The summed E-state index contributed by atoms with van der Waals surface area (Å²) in [7, 11) is 0. The van der Waals surface area contributed by atoms with Gasteiger partial charge in [-0.2, -0.15) is 0 Å². The van der Waals surface area contributed by atoms with Crippen LogP contribution in [0.4, 0.5) is 0 Å². The van der Waals surface area contributed by atoms with Crippen molar-refractivity contribution in [3.63, 3.8) is 0 Å². The van der Waals surface area contributed by atoms with E-state index in [1.165, 1.54) is 22.3 Å². The number of hydrogen-bond acceptors (Lipinski definition) is 2. The number of pyridine rings is 1. The van der Waals surface area contributed by atoms with E-state index < -0.39 is 0 Å². The minimum atomic E-state index is -0.0525. The van der Waals surface area contributed by atoms with Crippen LogP contribution in [-0.4, -0.2) is 4.98 Å². The largest absolute Gasteiger partial charge is 0.297 e. The summed E-state index contributed by atoms with van der Waals surface area (Å²) < 4.78 is 0. The monoisotopic (exact) mass is 222 g/mol. The minimum absolute atomic E-state index is 0.0525. The van der Waals surface area contributed by atoms with E-state index in [0.717, 1.165) is 6.42 Å². The number of benzene rings is 1. The van der Waals surface area contributed by atoms with Crippen LogP contribution in [-0.2, 0) is 12.0 Å². The summed E-state index contributed by atoms with van der Waals surface area (Å²) in [6, 6.07) is 11.4. The quantitative estimate of drug-likeness (QED) is 0.741. The molecule has 0 saturated carbocycles. The molecule has 0 spiro atoms. The van der Waals surface area contributed by atoms with Gasteiger partial charge in [0.05, 0.1) is 5.54 Å². The van der Waals surface area contributed by atoms with Crippen molar-refractivity contribution in [3.8, 4) is 0 Å². The molecule has 2 nitrogen and oxygen atoms in total. The summed E-state index contributed by atoms with van der Waals surface area (Å²) in [5, 5.41) is 3.75. The van der Waals surface area contributed by atoms with Crippen molar-refractivity contribution in [1.29, 1.82) is 0 Å². The van der Waals surface area contributed by atoms with Gasteiger partial charge in [0.25, 0.3) is 0 Å². The highest BCUT2D eigenvalue weighted by atomic mass is 15.1. The molecule has 2 aromatic rings. The van der Waals surface area contributed by atoms with E-state index in [9.17, 15) is 0 Å². The molecule has 0 saturated heterocycles. The summed E-state index contributed by atoms with van der Waals surface area (Å²) >= 11 is 0. The van der Waals surface area contributed by atoms with E-state index in [1.807, 2.05) is 12.4 Å². The normalized spacial score (nSPS) is 28.6. The number of nitrogens with zero attached hydrogens (tertiary/aromatic N) is 1. The van der Waals surface area contributed by atoms with Gasteiger partial charge in [0.2, 0.25) is 0 Å². The third-order valence-electron chi connectivity index (χ3n) is 4.21. The molecular formula is C15H14N2. The Labute approximate surface area is 101 Å². The molecule has 2 aliphatic rings. The first-order valence-corrected chi connectivity index (χ1v) is 6.09. The van der Waals surface area contributed by atoms with E-state index in [1.54, 1.807) is 0 Å². The molecule has 17 heavy (non-hydrogen) atoms. The number of aromatic nitrogens is 1. The van der Waals surface area contributed by atoms with Crippen LogP contribution in [0, 0.1) is 0 Å². The molecule has 0 fully saturated rings. The zero-order chi connectivity index (χ0) is 11.5. The zero-order valence-electron chi connectivity index (χ0n) is 9.77. The molecule has 4 rings (SSSR count).